The van der Waals surface area contributed by atoms with Gasteiger partial charge in [-0.2, -0.15) is 10.2 Å². The molecule has 0 aromatic carbocycles. The number of nitrogens with zero attached hydrogens (tertiary/aromatic N) is 8. The number of anilines is 2. The van der Waals surface area contributed by atoms with Crippen LogP contribution in [-0.2, 0) is 26.9 Å². The molecule has 8 atom stereocenters. The number of aromatic nitrogens is 8. The molecule has 20 nitrogen and oxygen atoms in total. The Morgan fingerprint density at radius 2 is 1.14 bits per heavy atom. The summed E-state index contributed by atoms with van der Waals surface area (Å²) in [4.78, 5) is 16.2. The fourth-order valence-corrected chi connectivity index (χ4v) is 24.5. The van der Waals surface area contributed by atoms with Crippen LogP contribution >= 0.6 is 22.7 Å². The topological polar surface area (TPSA) is 274 Å². The van der Waals surface area contributed by atoms with Crippen molar-refractivity contribution in [2.75, 3.05) is 24.7 Å². The minimum atomic E-state index is -2.86. The molecule has 3 fully saturated rings. The van der Waals surface area contributed by atoms with E-state index >= 15 is 0 Å². The highest BCUT2D eigenvalue weighted by atomic mass is 35.6. The Hall–Kier alpha value is -2.47. The molecule has 0 aliphatic carbocycles. The van der Waals surface area contributed by atoms with Gasteiger partial charge in [0.1, 0.15) is 66.5 Å². The van der Waals surface area contributed by atoms with Gasteiger partial charge in [-0.1, -0.05) is 122 Å². The van der Waals surface area contributed by atoms with Gasteiger partial charge in [-0.05, 0) is 45.1 Å². The van der Waals surface area contributed by atoms with Gasteiger partial charge in [-0.15, -0.1) is 11.1 Å². The Labute approximate surface area is 425 Å². The zero-order chi connectivity index (χ0) is 52.6. The first-order valence-corrected chi connectivity index (χ1v) is 31.9. The predicted molar refractivity (Wildman–Crippen MR) is 276 cm³/mol. The summed E-state index contributed by atoms with van der Waals surface area (Å²) in [5.74, 6) is 0.955. The number of aliphatic hydroxyl groups is 4. The number of nitrogens with two attached hydrogens (primary N) is 2. The van der Waals surface area contributed by atoms with Crippen LogP contribution in [-0.4, -0.2) is 139 Å². The Balaban J connectivity index is 0.000000215. The second-order valence-corrected chi connectivity index (χ2v) is 36.3. The average molecular weight is 1080 g/mol. The fraction of sp³-hybridized carbons (Fsp3) is 0.778. The molecule has 70 heavy (non-hydrogen) atoms. The van der Waals surface area contributed by atoms with Crippen LogP contribution in [0.3, 0.4) is 0 Å². The third kappa shape index (κ3) is 11.1. The average Bonchev–Trinajstić information content (AvgIpc) is 4.05. The smallest absolute Gasteiger partial charge is 0.335 e. The summed E-state index contributed by atoms with van der Waals surface area (Å²) in [6.45, 7) is 34.2. The van der Waals surface area contributed by atoms with Gasteiger partial charge in [0.2, 0.25) is 0 Å². The molecular formula is C45H80Cl2N10O10Si3. The van der Waals surface area contributed by atoms with Crippen molar-refractivity contribution >= 4 is 70.4 Å². The Bertz CT molecular complexity index is 2270. The summed E-state index contributed by atoms with van der Waals surface area (Å²) in [5.41, 5.74) is 14.9. The number of hydrogen-bond acceptors (Lipinski definition) is 18. The summed E-state index contributed by atoms with van der Waals surface area (Å²) < 4.78 is 42.1. The van der Waals surface area contributed by atoms with Gasteiger partial charge in [0.15, 0.2) is 22.9 Å². The molecule has 3 aliphatic heterocycles. The summed E-state index contributed by atoms with van der Waals surface area (Å²) in [6, 6.07) is 0. The van der Waals surface area contributed by atoms with E-state index in [1.54, 1.807) is 10.7 Å². The third-order valence-electron chi connectivity index (χ3n) is 14.0. The first kappa shape index (κ1) is 58.4. The van der Waals surface area contributed by atoms with Crippen molar-refractivity contribution in [3.63, 3.8) is 0 Å². The van der Waals surface area contributed by atoms with Crippen LogP contribution in [0.25, 0.3) is 11.3 Å². The molecule has 3 saturated heterocycles. The standard InChI is InChI=1S/C22H39N5O5Si2.C13H28Cl2OSi.C10H13N5O4/c1-12(2)33(13(3)4)29-10-17-20(31-34(32-33,14(5)6)15(7)8)18(28)19(30-17)16-9-24-22-21(23)25-11-26-27(16)22;1-9(2)13(14,10(3)4)16-17(15,11(5)6)12(7)8;11-9-10-12-1-4(15(10)14-3-13-9)8-7(18)6(17)5(2-16)19-8/h9,11-15,17-20,28H,10H2,1-8H3,(H2,23,25,26);9-12H,1-8H3;1,3,5-8,16-18H,2H2,(H2,11,13,14)/t17-,18+,19+,20-;;5-,6-,7-,8?/m1.1/s1. The monoisotopic (exact) mass is 1070 g/mol. The molecular weight excluding hydrogens is 996 g/mol. The lowest BCUT2D eigenvalue weighted by Crippen LogP contribution is -2.65. The summed E-state index contributed by atoms with van der Waals surface area (Å²) in [7, 11) is -7.86. The van der Waals surface area contributed by atoms with E-state index in [1.165, 1.54) is 23.4 Å². The maximum atomic E-state index is 11.5. The summed E-state index contributed by atoms with van der Waals surface area (Å²) in [6.07, 6.45) is -0.983. The lowest BCUT2D eigenvalue weighted by molar-refractivity contribution is -0.0399. The molecule has 0 radical (unpaired) electrons. The zero-order valence-electron chi connectivity index (χ0n) is 43.7. The molecule has 0 bridgehead atoms. The van der Waals surface area contributed by atoms with Crippen LogP contribution in [0.1, 0.15) is 134 Å². The summed E-state index contributed by atoms with van der Waals surface area (Å²) in [5, 5.41) is 47.9. The van der Waals surface area contributed by atoms with Crippen molar-refractivity contribution in [3.8, 4) is 0 Å². The van der Waals surface area contributed by atoms with Gasteiger partial charge in [0.25, 0.3) is 7.63 Å². The molecule has 396 valence electrons. The van der Waals surface area contributed by atoms with Gasteiger partial charge in [0, 0.05) is 0 Å². The van der Waals surface area contributed by atoms with Gasteiger partial charge in [-0.3, -0.25) is 0 Å². The molecule has 7 rings (SSSR count). The zero-order valence-corrected chi connectivity index (χ0v) is 48.2. The van der Waals surface area contributed by atoms with Gasteiger partial charge < -0.3 is 58.8 Å². The molecule has 7 heterocycles. The molecule has 0 amide bonds. The first-order valence-electron chi connectivity index (χ1n) is 24.5. The normalized spacial score (nSPS) is 26.1. The lowest BCUT2D eigenvalue weighted by Gasteiger charge is -2.51. The van der Waals surface area contributed by atoms with E-state index in [9.17, 15) is 15.3 Å². The van der Waals surface area contributed by atoms with E-state index < -0.39 is 78.6 Å². The Kier molecular flexibility index (Phi) is 19.2. The van der Waals surface area contributed by atoms with Crippen molar-refractivity contribution in [3.05, 3.63) is 36.4 Å². The second kappa shape index (κ2) is 23.0. The second-order valence-electron chi connectivity index (χ2n) is 21.1. The first-order chi connectivity index (χ1) is 32.6. The predicted octanol–water partition coefficient (Wildman–Crippen LogP) is 7.08. The molecule has 8 N–H and O–H groups in total. The van der Waals surface area contributed by atoms with Crippen LogP contribution in [0.4, 0.5) is 11.6 Å². The number of imidazole rings is 2. The molecule has 25 heteroatoms. The minimum absolute atomic E-state index is 0.161. The van der Waals surface area contributed by atoms with E-state index in [1.807, 2.05) is 0 Å². The minimum Gasteiger partial charge on any atom is -0.414 e. The molecule has 4 aromatic rings. The van der Waals surface area contributed by atoms with Crippen LogP contribution in [0.2, 0.25) is 33.2 Å². The van der Waals surface area contributed by atoms with Crippen LogP contribution in [0.15, 0.2) is 25.0 Å². The van der Waals surface area contributed by atoms with Crippen molar-refractivity contribution in [2.24, 2.45) is 11.8 Å². The highest BCUT2D eigenvalue weighted by molar-refractivity contribution is 7.18. The van der Waals surface area contributed by atoms with E-state index in [4.69, 9.17) is 66.1 Å². The number of rotatable bonds is 13. The van der Waals surface area contributed by atoms with Crippen molar-refractivity contribution in [2.45, 2.75) is 198 Å². The van der Waals surface area contributed by atoms with Crippen LogP contribution in [0.5, 0.6) is 0 Å². The quantitative estimate of drug-likeness (QED) is 0.0443. The number of ether oxygens (including phenoxy) is 2. The molecule has 0 spiro atoms. The molecule has 1 unspecified atom stereocenters. The largest absolute Gasteiger partial charge is 0.414 e. The lowest BCUT2D eigenvalue weighted by atomic mass is 9.96. The maximum absolute atomic E-state index is 11.5. The van der Waals surface area contributed by atoms with Crippen LogP contribution < -0.4 is 11.5 Å². The number of hydrogen-bond donors (Lipinski definition) is 6. The fourth-order valence-electron chi connectivity index (χ4n) is 9.68. The third-order valence-corrected chi connectivity index (χ3v) is 31.9. The highest BCUT2D eigenvalue weighted by Crippen LogP contribution is 2.50. The molecule has 3 aliphatic rings. The van der Waals surface area contributed by atoms with E-state index in [2.05, 4.69) is 141 Å². The Morgan fingerprint density at radius 3 is 1.53 bits per heavy atom. The molecule has 0 saturated carbocycles. The number of alkyl halides is 1. The van der Waals surface area contributed by atoms with E-state index in [-0.39, 0.29) is 52.2 Å². The van der Waals surface area contributed by atoms with E-state index in [0.717, 1.165) is 0 Å². The van der Waals surface area contributed by atoms with Gasteiger partial charge in [0.05, 0.1) is 37.0 Å². The van der Waals surface area contributed by atoms with E-state index in [0.29, 0.717) is 40.4 Å². The number of halogens is 2. The number of fused-ring (bicyclic) bond motifs is 3. The van der Waals surface area contributed by atoms with Crippen molar-refractivity contribution < 1.29 is 47.3 Å². The van der Waals surface area contributed by atoms with Gasteiger partial charge >= 0.3 is 17.1 Å². The van der Waals surface area contributed by atoms with Crippen molar-refractivity contribution in [1.29, 1.82) is 0 Å². The molecule has 4 aromatic heterocycles. The van der Waals surface area contributed by atoms with Crippen LogP contribution in [0, 0.1) is 11.8 Å². The van der Waals surface area contributed by atoms with Crippen molar-refractivity contribution in [1.82, 2.24) is 39.2 Å². The Morgan fingerprint density at radius 1 is 0.700 bits per heavy atom. The SMILES string of the molecule is CC(C)C(Cl)(O[Si](Cl)(C(C)C)C(C)C)C(C)C.CC(C)[Si]1(C(C)C)OC[C@H]2O[C@@H](c3cnc4c(N)ncnn34)[C@H](O)[C@@H]2O[Si](C(C)C)(C(C)C)O1.Nc1ncnn2c(C3O[C@H](CO)[C@@H](O)[C@H]3O)cnc12. The number of aliphatic hydroxyl groups excluding tert-OH is 4. The summed E-state index contributed by atoms with van der Waals surface area (Å²) >= 11 is 13.5. The maximum Gasteiger partial charge on any atom is 0.335 e. The van der Waals surface area contributed by atoms with Gasteiger partial charge in [-0.25, -0.2) is 29.0 Å². The number of nitrogen functional groups attached to an aromatic ring is 2. The highest BCUT2D eigenvalue weighted by Gasteiger charge is 2.62.